The third-order valence-corrected chi connectivity index (χ3v) is 6.42. The molecule has 2 heterocycles. The molecular weight excluding hydrogens is 567 g/mol. The van der Waals surface area contributed by atoms with E-state index in [0.717, 1.165) is 18.2 Å². The first kappa shape index (κ1) is 28.9. The lowest BCUT2D eigenvalue weighted by atomic mass is 9.95. The Hall–Kier alpha value is -3.10. The zero-order chi connectivity index (χ0) is 28.5. The minimum atomic E-state index is -4.74. The first-order valence-corrected chi connectivity index (χ1v) is 12.2. The number of alkyl halides is 3. The van der Waals surface area contributed by atoms with Crippen molar-refractivity contribution in [1.29, 1.82) is 0 Å². The van der Waals surface area contributed by atoms with Crippen LogP contribution in [0.3, 0.4) is 0 Å². The molecule has 4 unspecified atom stereocenters. The average Bonchev–Trinajstić information content (AvgIpc) is 3.34. The summed E-state index contributed by atoms with van der Waals surface area (Å²) in [6, 6.07) is 6.00. The molecule has 1 aliphatic rings. The Morgan fingerprint density at radius 1 is 1.23 bits per heavy atom. The fourth-order valence-corrected chi connectivity index (χ4v) is 4.42. The number of ether oxygens (including phenoxy) is 1. The molecule has 2 aromatic carbocycles. The van der Waals surface area contributed by atoms with E-state index in [9.17, 15) is 27.8 Å². The number of aliphatic hydroxyl groups is 2. The molecule has 1 aromatic heterocycles. The zero-order valence-electron chi connectivity index (χ0n) is 20.1. The molecule has 1 saturated heterocycles. The number of aliphatic hydroxyl groups excluding tert-OH is 2. The molecule has 0 saturated carbocycles. The van der Waals surface area contributed by atoms with Crippen LogP contribution in [0.25, 0.3) is 11.3 Å². The van der Waals surface area contributed by atoms with Gasteiger partial charge < -0.3 is 20.7 Å². The van der Waals surface area contributed by atoms with Crippen molar-refractivity contribution in [3.8, 4) is 11.3 Å². The molecule has 0 amide bonds. The third kappa shape index (κ3) is 6.56. The zero-order valence-corrected chi connectivity index (χ0v) is 21.7. The van der Waals surface area contributed by atoms with E-state index in [4.69, 9.17) is 33.7 Å². The molecule has 0 bridgehead atoms. The standard InChI is InChI=1S/C24H22Cl2F4N6O3/c1-11(31)32-23(33-17-7-13(25)3-4-14(17)24(28,29)30)20-8-19(22(38)21(10-37)39-20)36-9-18(34-35-36)12-2-5-16(27)15(26)6-12/h2-7,9,19-22,37-38H,8,10H2,1H3,(H2,31,32,33). The van der Waals surface area contributed by atoms with Crippen molar-refractivity contribution in [3.63, 3.8) is 0 Å². The van der Waals surface area contributed by atoms with Crippen LogP contribution in [-0.2, 0) is 10.9 Å². The highest BCUT2D eigenvalue weighted by atomic mass is 35.5. The summed E-state index contributed by atoms with van der Waals surface area (Å²) in [5, 5.41) is 28.8. The Morgan fingerprint density at radius 2 is 1.97 bits per heavy atom. The van der Waals surface area contributed by atoms with E-state index >= 15 is 0 Å². The molecule has 1 aliphatic heterocycles. The minimum absolute atomic E-state index is 0.0108. The van der Waals surface area contributed by atoms with E-state index in [2.05, 4.69) is 20.3 Å². The Balaban J connectivity index is 1.74. The van der Waals surface area contributed by atoms with Crippen molar-refractivity contribution in [2.45, 2.75) is 43.9 Å². The number of aromatic nitrogens is 3. The summed E-state index contributed by atoms with van der Waals surface area (Å²) in [7, 11) is 0. The van der Waals surface area contributed by atoms with Gasteiger partial charge in [0.1, 0.15) is 29.8 Å². The molecule has 9 nitrogen and oxygen atoms in total. The van der Waals surface area contributed by atoms with Gasteiger partial charge in [-0.3, -0.25) is 0 Å². The number of aliphatic imine (C=N–C) groups is 2. The number of amidine groups is 2. The molecular formula is C24H22Cl2F4N6O3. The molecule has 0 radical (unpaired) electrons. The highest BCUT2D eigenvalue weighted by Gasteiger charge is 2.41. The molecule has 1 fully saturated rings. The Kier molecular flexibility index (Phi) is 8.57. The predicted octanol–water partition coefficient (Wildman–Crippen LogP) is 4.57. The van der Waals surface area contributed by atoms with Crippen LogP contribution in [-0.4, -0.2) is 61.8 Å². The summed E-state index contributed by atoms with van der Waals surface area (Å²) in [4.78, 5) is 8.19. The van der Waals surface area contributed by atoms with Crippen molar-refractivity contribution >= 4 is 40.6 Å². The summed E-state index contributed by atoms with van der Waals surface area (Å²) in [5.74, 6) is -0.867. The number of rotatable bonds is 5. The van der Waals surface area contributed by atoms with Crippen molar-refractivity contribution in [2.75, 3.05) is 6.61 Å². The summed E-state index contributed by atoms with van der Waals surface area (Å²) >= 11 is 11.8. The van der Waals surface area contributed by atoms with Crippen molar-refractivity contribution in [1.82, 2.24) is 15.0 Å². The predicted molar refractivity (Wildman–Crippen MR) is 137 cm³/mol. The van der Waals surface area contributed by atoms with E-state index in [-0.39, 0.29) is 28.1 Å². The molecule has 15 heteroatoms. The number of nitrogens with two attached hydrogens (primary N) is 1. The van der Waals surface area contributed by atoms with Crippen molar-refractivity contribution in [3.05, 3.63) is 64.0 Å². The molecule has 4 atom stereocenters. The lowest BCUT2D eigenvalue weighted by Crippen LogP contribution is -2.50. The topological polar surface area (TPSA) is 131 Å². The first-order chi connectivity index (χ1) is 18.4. The van der Waals surface area contributed by atoms with Gasteiger partial charge in [-0.15, -0.1) is 5.10 Å². The maximum Gasteiger partial charge on any atom is 0.418 e. The molecule has 0 aliphatic carbocycles. The van der Waals surface area contributed by atoms with Crippen LogP contribution in [0.1, 0.15) is 24.9 Å². The molecule has 208 valence electrons. The highest BCUT2D eigenvalue weighted by Crippen LogP contribution is 2.39. The van der Waals surface area contributed by atoms with Gasteiger partial charge >= 0.3 is 6.18 Å². The van der Waals surface area contributed by atoms with E-state index < -0.39 is 54.2 Å². The quantitative estimate of drug-likeness (QED) is 0.227. The number of hydrogen-bond acceptors (Lipinski definition) is 6. The second-order valence-electron chi connectivity index (χ2n) is 8.73. The average molecular weight is 589 g/mol. The fraction of sp³-hybridized carbons (Fsp3) is 0.333. The third-order valence-electron chi connectivity index (χ3n) is 5.89. The van der Waals surface area contributed by atoms with Crippen molar-refractivity contribution in [2.24, 2.45) is 15.7 Å². The SMILES string of the molecule is CC(N)=NC(=Nc1cc(Cl)ccc1C(F)(F)F)C1CC(n2cc(-c3ccc(F)c(Cl)c3)nn2)C(O)C(CO)O1. The monoisotopic (exact) mass is 588 g/mol. The van der Waals surface area contributed by atoms with E-state index in [1.807, 2.05) is 0 Å². The maximum absolute atomic E-state index is 13.7. The number of halogens is 6. The summed E-state index contributed by atoms with van der Waals surface area (Å²) in [6.45, 7) is 0.779. The second-order valence-corrected chi connectivity index (χ2v) is 9.58. The molecule has 3 aromatic rings. The summed E-state index contributed by atoms with van der Waals surface area (Å²) in [6.07, 6.45) is -6.94. The van der Waals surface area contributed by atoms with Crippen LogP contribution in [0, 0.1) is 5.82 Å². The maximum atomic E-state index is 13.7. The van der Waals surface area contributed by atoms with Gasteiger partial charge in [0, 0.05) is 17.0 Å². The van der Waals surface area contributed by atoms with Gasteiger partial charge in [0.05, 0.1) is 41.0 Å². The molecule has 39 heavy (non-hydrogen) atoms. The van der Waals surface area contributed by atoms with Gasteiger partial charge in [-0.1, -0.05) is 28.4 Å². The Bertz CT molecular complexity index is 1410. The largest absolute Gasteiger partial charge is 0.418 e. The summed E-state index contributed by atoms with van der Waals surface area (Å²) < 4.78 is 61.6. The van der Waals surface area contributed by atoms with E-state index in [1.165, 1.54) is 36.0 Å². The smallest absolute Gasteiger partial charge is 0.394 e. The van der Waals surface area contributed by atoms with Crippen LogP contribution in [0.15, 0.2) is 52.6 Å². The normalized spacial score (nSPS) is 22.8. The van der Waals surface area contributed by atoms with Crippen LogP contribution >= 0.6 is 23.2 Å². The van der Waals surface area contributed by atoms with Crippen molar-refractivity contribution < 1.29 is 32.5 Å². The fourth-order valence-electron chi connectivity index (χ4n) is 4.07. The Morgan fingerprint density at radius 3 is 2.62 bits per heavy atom. The minimum Gasteiger partial charge on any atom is -0.394 e. The van der Waals surface area contributed by atoms with Gasteiger partial charge in [-0.25, -0.2) is 19.1 Å². The second kappa shape index (κ2) is 11.6. The van der Waals surface area contributed by atoms with Crippen LogP contribution < -0.4 is 5.73 Å². The van der Waals surface area contributed by atoms with E-state index in [1.54, 1.807) is 0 Å². The van der Waals surface area contributed by atoms with Gasteiger partial charge in [0.15, 0.2) is 5.84 Å². The lowest BCUT2D eigenvalue weighted by molar-refractivity contribution is -0.137. The van der Waals surface area contributed by atoms with Gasteiger partial charge in [0.25, 0.3) is 0 Å². The highest BCUT2D eigenvalue weighted by molar-refractivity contribution is 6.31. The van der Waals surface area contributed by atoms with Crippen LogP contribution in [0.2, 0.25) is 10.0 Å². The number of nitrogens with zero attached hydrogens (tertiary/aromatic N) is 5. The number of benzene rings is 2. The molecule has 0 spiro atoms. The Labute approximate surface area is 229 Å². The first-order valence-electron chi connectivity index (χ1n) is 11.4. The number of hydrogen-bond donors (Lipinski definition) is 3. The van der Waals surface area contributed by atoms with E-state index in [0.29, 0.717) is 11.3 Å². The van der Waals surface area contributed by atoms with Gasteiger partial charge in [-0.2, -0.15) is 13.2 Å². The summed E-state index contributed by atoms with van der Waals surface area (Å²) in [5.41, 5.74) is 4.93. The lowest BCUT2D eigenvalue weighted by Gasteiger charge is -2.38. The van der Waals surface area contributed by atoms with Gasteiger partial charge in [-0.05, 0) is 43.3 Å². The van der Waals surface area contributed by atoms with Crippen LogP contribution in [0.5, 0.6) is 0 Å². The van der Waals surface area contributed by atoms with Gasteiger partial charge in [0.2, 0.25) is 0 Å². The molecule has 4 rings (SSSR count). The van der Waals surface area contributed by atoms with Crippen LogP contribution in [0.4, 0.5) is 23.2 Å². The molecule has 4 N–H and O–H groups in total.